The molecule has 0 atom stereocenters. The van der Waals surface area contributed by atoms with E-state index in [9.17, 15) is 36.7 Å². The van der Waals surface area contributed by atoms with Gasteiger partial charge in [0.2, 0.25) is 5.91 Å². The van der Waals surface area contributed by atoms with Gasteiger partial charge in [0.25, 0.3) is 11.5 Å². The predicted molar refractivity (Wildman–Crippen MR) is 129 cm³/mol. The van der Waals surface area contributed by atoms with Crippen molar-refractivity contribution in [1.82, 2.24) is 9.55 Å². The van der Waals surface area contributed by atoms with Gasteiger partial charge in [-0.2, -0.15) is 0 Å². The second-order valence-corrected chi connectivity index (χ2v) is 8.78. The Morgan fingerprint density at radius 3 is 2.00 bits per heavy atom. The number of para-hydroxylation sites is 2. The molecule has 2 heterocycles. The van der Waals surface area contributed by atoms with Crippen LogP contribution in [0.15, 0.2) is 47.5 Å². The van der Waals surface area contributed by atoms with E-state index in [1.807, 2.05) is 5.32 Å². The Labute approximate surface area is 214 Å². The molecule has 0 saturated carbocycles. The van der Waals surface area contributed by atoms with Crippen LogP contribution in [0.2, 0.25) is 0 Å². The van der Waals surface area contributed by atoms with E-state index in [-0.39, 0.29) is 20.7 Å². The van der Waals surface area contributed by atoms with Crippen LogP contribution in [0.3, 0.4) is 0 Å². The zero-order valence-corrected chi connectivity index (χ0v) is 20.1. The van der Waals surface area contributed by atoms with E-state index in [0.717, 1.165) is 58.6 Å². The quantitative estimate of drug-likeness (QED) is 0.268. The number of halogens is 4. The van der Waals surface area contributed by atoms with Gasteiger partial charge in [-0.25, -0.2) is 27.3 Å². The molecule has 2 aromatic carbocycles. The summed E-state index contributed by atoms with van der Waals surface area (Å²) in [6.07, 6.45) is 1.03. The maximum Gasteiger partial charge on any atom is 0.349 e. The topological polar surface area (TPSA) is 119 Å². The summed E-state index contributed by atoms with van der Waals surface area (Å²) in [4.78, 5) is 54.0. The molecule has 0 bridgehead atoms. The third kappa shape index (κ3) is 5.39. The first-order valence-electron chi connectivity index (χ1n) is 10.7. The van der Waals surface area contributed by atoms with Gasteiger partial charge in [0.05, 0.1) is 11.7 Å². The lowest BCUT2D eigenvalue weighted by atomic mass is 10.2. The average Bonchev–Trinajstić information content (AvgIpc) is 3.21. The fraction of sp³-hybridized carbons (Fsp3) is 0.125. The summed E-state index contributed by atoms with van der Waals surface area (Å²) in [5.74, 6) is -6.91. The number of aromatic nitrogens is 2. The molecule has 0 fully saturated rings. The smallest absolute Gasteiger partial charge is 0.349 e. The van der Waals surface area contributed by atoms with Gasteiger partial charge >= 0.3 is 5.97 Å². The van der Waals surface area contributed by atoms with Crippen LogP contribution in [0.1, 0.15) is 15.2 Å². The minimum Gasteiger partial charge on any atom is -0.451 e. The Hall–Kier alpha value is -4.59. The number of rotatable bonds is 7. The van der Waals surface area contributed by atoms with Crippen molar-refractivity contribution >= 4 is 50.7 Å². The highest BCUT2D eigenvalue weighted by atomic mass is 32.1. The normalized spacial score (nSPS) is 10.9. The largest absolute Gasteiger partial charge is 0.451 e. The molecule has 2 N–H and O–H groups in total. The number of anilines is 2. The number of nitrogens with one attached hydrogen (secondary N) is 2. The monoisotopic (exact) mass is 548 g/mol. The summed E-state index contributed by atoms with van der Waals surface area (Å²) in [5.41, 5.74) is -1.92. The standard InChI is InChI=1S/C24H16F4N4O5S/c1-11-18-22(29-10-32(23(18)35)8-16(33)30-19-12(25)4-2-5-13(19)26)38-21(11)24(36)37-9-17(34)31-20-14(27)6-3-7-15(20)28/h2-7,10H,8-9H2,1H3,(H,30,33)(H,31,34). The SMILES string of the molecule is Cc1c(C(=O)OCC(=O)Nc2c(F)cccc2F)sc2ncn(CC(=O)Nc3c(F)cccc3F)c(=O)c12. The summed E-state index contributed by atoms with van der Waals surface area (Å²) < 4.78 is 60.8. The first kappa shape index (κ1) is 26.5. The molecule has 14 heteroatoms. The molecule has 0 unspecified atom stereocenters. The van der Waals surface area contributed by atoms with E-state index in [4.69, 9.17) is 4.74 Å². The molecule has 2 aromatic heterocycles. The number of nitrogens with zero attached hydrogens (tertiary/aromatic N) is 2. The number of carbonyl (C=O) groups excluding carboxylic acids is 3. The van der Waals surface area contributed by atoms with E-state index in [0.29, 0.717) is 0 Å². The Morgan fingerprint density at radius 2 is 1.45 bits per heavy atom. The lowest BCUT2D eigenvalue weighted by Crippen LogP contribution is -2.28. The van der Waals surface area contributed by atoms with Crippen molar-refractivity contribution in [2.24, 2.45) is 0 Å². The van der Waals surface area contributed by atoms with Crippen LogP contribution in [0.5, 0.6) is 0 Å². The van der Waals surface area contributed by atoms with Crippen LogP contribution in [-0.2, 0) is 20.9 Å². The zero-order chi connectivity index (χ0) is 27.6. The van der Waals surface area contributed by atoms with Crippen molar-refractivity contribution in [3.05, 3.63) is 86.8 Å². The number of esters is 1. The summed E-state index contributed by atoms with van der Waals surface area (Å²) in [6.45, 7) is -0.0748. The summed E-state index contributed by atoms with van der Waals surface area (Å²) >= 11 is 0.790. The van der Waals surface area contributed by atoms with Crippen LogP contribution in [0.25, 0.3) is 10.2 Å². The van der Waals surface area contributed by atoms with Gasteiger partial charge in [0.1, 0.15) is 50.9 Å². The average molecular weight is 548 g/mol. The van der Waals surface area contributed by atoms with E-state index >= 15 is 0 Å². The number of carbonyl (C=O) groups is 3. The number of thiophene rings is 1. The molecule has 2 amide bonds. The number of benzene rings is 2. The Balaban J connectivity index is 1.47. The van der Waals surface area contributed by atoms with Crippen LogP contribution in [-0.4, -0.2) is 33.9 Å². The molecule has 4 rings (SSSR count). The van der Waals surface area contributed by atoms with Crippen molar-refractivity contribution in [3.63, 3.8) is 0 Å². The number of amides is 2. The van der Waals surface area contributed by atoms with Crippen molar-refractivity contribution < 1.29 is 36.7 Å². The van der Waals surface area contributed by atoms with E-state index in [2.05, 4.69) is 10.3 Å². The number of ether oxygens (including phenoxy) is 1. The van der Waals surface area contributed by atoms with Crippen LogP contribution in [0, 0.1) is 30.2 Å². The molecular weight excluding hydrogens is 532 g/mol. The fourth-order valence-electron chi connectivity index (χ4n) is 3.41. The van der Waals surface area contributed by atoms with Gasteiger partial charge < -0.3 is 15.4 Å². The lowest BCUT2D eigenvalue weighted by molar-refractivity contribution is -0.119. The highest BCUT2D eigenvalue weighted by molar-refractivity contribution is 7.20. The molecule has 0 saturated heterocycles. The highest BCUT2D eigenvalue weighted by Crippen LogP contribution is 2.27. The fourth-order valence-corrected chi connectivity index (χ4v) is 4.44. The first-order chi connectivity index (χ1) is 18.1. The van der Waals surface area contributed by atoms with Crippen molar-refractivity contribution in [3.8, 4) is 0 Å². The second kappa shape index (κ2) is 10.8. The van der Waals surface area contributed by atoms with Crippen molar-refractivity contribution in [1.29, 1.82) is 0 Å². The van der Waals surface area contributed by atoms with Gasteiger partial charge in [-0.1, -0.05) is 12.1 Å². The summed E-state index contributed by atoms with van der Waals surface area (Å²) in [5, 5.41) is 4.02. The Kier molecular flexibility index (Phi) is 7.52. The molecule has 196 valence electrons. The molecule has 0 aliphatic rings. The van der Waals surface area contributed by atoms with Crippen molar-refractivity contribution in [2.45, 2.75) is 13.5 Å². The molecule has 4 aromatic rings. The third-order valence-electron chi connectivity index (χ3n) is 5.21. The zero-order valence-electron chi connectivity index (χ0n) is 19.3. The van der Waals surface area contributed by atoms with Gasteiger partial charge in [-0.3, -0.25) is 19.0 Å². The third-order valence-corrected chi connectivity index (χ3v) is 6.39. The number of fused-ring (bicyclic) bond motifs is 1. The predicted octanol–water partition coefficient (Wildman–Crippen LogP) is 3.76. The number of hydrogen-bond donors (Lipinski definition) is 2. The molecule has 0 aliphatic heterocycles. The second-order valence-electron chi connectivity index (χ2n) is 7.78. The molecule has 0 spiro atoms. The molecular formula is C24H16F4N4O5S. The van der Waals surface area contributed by atoms with Gasteiger partial charge in [0, 0.05) is 0 Å². The van der Waals surface area contributed by atoms with E-state index in [1.165, 1.54) is 6.92 Å². The van der Waals surface area contributed by atoms with Crippen molar-refractivity contribution in [2.75, 3.05) is 17.2 Å². The van der Waals surface area contributed by atoms with Crippen LogP contribution >= 0.6 is 11.3 Å². The Morgan fingerprint density at radius 1 is 0.921 bits per heavy atom. The van der Waals surface area contributed by atoms with Gasteiger partial charge in [-0.05, 0) is 36.8 Å². The van der Waals surface area contributed by atoms with E-state index < -0.39 is 71.1 Å². The molecule has 0 radical (unpaired) electrons. The minimum absolute atomic E-state index is 0.00722. The first-order valence-corrected chi connectivity index (χ1v) is 11.5. The van der Waals surface area contributed by atoms with Gasteiger partial charge in [-0.15, -0.1) is 11.3 Å². The summed E-state index contributed by atoms with van der Waals surface area (Å²) in [6, 6.07) is 6.02. The molecule has 38 heavy (non-hydrogen) atoms. The number of hydrogen-bond acceptors (Lipinski definition) is 7. The maximum atomic E-state index is 13.8. The summed E-state index contributed by atoms with van der Waals surface area (Å²) in [7, 11) is 0. The molecule has 9 nitrogen and oxygen atoms in total. The van der Waals surface area contributed by atoms with Crippen LogP contribution in [0.4, 0.5) is 28.9 Å². The number of aryl methyl sites for hydroxylation is 1. The Bertz CT molecular complexity index is 1610. The van der Waals surface area contributed by atoms with Crippen LogP contribution < -0.4 is 16.2 Å². The minimum atomic E-state index is -1.01. The maximum absolute atomic E-state index is 13.8. The van der Waals surface area contributed by atoms with Gasteiger partial charge in [0.15, 0.2) is 6.61 Å². The van der Waals surface area contributed by atoms with E-state index in [1.54, 1.807) is 0 Å². The highest BCUT2D eigenvalue weighted by Gasteiger charge is 2.23. The molecule has 0 aliphatic carbocycles. The lowest BCUT2D eigenvalue weighted by Gasteiger charge is -2.09.